The van der Waals surface area contributed by atoms with Gasteiger partial charge in [-0.05, 0) is 36.4 Å². The Morgan fingerprint density at radius 1 is 0.893 bits per heavy atom. The van der Waals surface area contributed by atoms with Crippen LogP contribution in [-0.4, -0.2) is 41.9 Å². The summed E-state index contributed by atoms with van der Waals surface area (Å²) in [5.41, 5.74) is 1.87. The summed E-state index contributed by atoms with van der Waals surface area (Å²) in [5, 5.41) is 10.8. The lowest BCUT2D eigenvalue weighted by atomic mass is 10.1. The average Bonchev–Trinajstić information content (AvgIpc) is 3.24. The third-order valence-corrected chi connectivity index (χ3v) is 4.87. The van der Waals surface area contributed by atoms with Crippen LogP contribution in [0.5, 0.6) is 0 Å². The van der Waals surface area contributed by atoms with E-state index in [2.05, 4.69) is 17.0 Å². The van der Waals surface area contributed by atoms with Crippen molar-refractivity contribution in [3.05, 3.63) is 82.6 Å². The SMILES string of the molecule is O=C(c1ccc(-c2ccc([N+](=O)[O-])cc2)o1)N1CCN(c2ccccc2)CC1. The highest BCUT2D eigenvalue weighted by molar-refractivity contribution is 5.92. The van der Waals surface area contributed by atoms with Gasteiger partial charge in [0.25, 0.3) is 11.6 Å². The van der Waals surface area contributed by atoms with E-state index in [1.165, 1.54) is 12.1 Å². The predicted molar refractivity (Wildman–Crippen MR) is 105 cm³/mol. The molecule has 142 valence electrons. The highest BCUT2D eigenvalue weighted by Gasteiger charge is 2.24. The van der Waals surface area contributed by atoms with Gasteiger partial charge in [0, 0.05) is 49.6 Å². The molecule has 1 aliphatic rings. The molecule has 0 spiro atoms. The van der Waals surface area contributed by atoms with E-state index in [9.17, 15) is 14.9 Å². The molecule has 28 heavy (non-hydrogen) atoms. The molecule has 0 aliphatic carbocycles. The number of nitro groups is 1. The van der Waals surface area contributed by atoms with Crippen LogP contribution in [0.2, 0.25) is 0 Å². The van der Waals surface area contributed by atoms with Gasteiger partial charge >= 0.3 is 0 Å². The molecule has 1 aromatic heterocycles. The van der Waals surface area contributed by atoms with Crippen molar-refractivity contribution in [1.29, 1.82) is 0 Å². The summed E-state index contributed by atoms with van der Waals surface area (Å²) in [7, 11) is 0. The molecule has 4 rings (SSSR count). The summed E-state index contributed by atoms with van der Waals surface area (Å²) in [6.45, 7) is 2.79. The number of nitro benzene ring substituents is 1. The Labute approximate surface area is 161 Å². The molecule has 0 N–H and O–H groups in total. The van der Waals surface area contributed by atoms with E-state index in [0.29, 0.717) is 24.4 Å². The summed E-state index contributed by atoms with van der Waals surface area (Å²) in [6, 6.07) is 19.6. The molecule has 1 saturated heterocycles. The maximum Gasteiger partial charge on any atom is 0.289 e. The van der Waals surface area contributed by atoms with E-state index in [1.807, 2.05) is 18.2 Å². The second-order valence-corrected chi connectivity index (χ2v) is 6.58. The topological polar surface area (TPSA) is 79.8 Å². The zero-order valence-corrected chi connectivity index (χ0v) is 15.2. The van der Waals surface area contributed by atoms with Crippen LogP contribution in [0.4, 0.5) is 11.4 Å². The Morgan fingerprint density at radius 2 is 1.57 bits per heavy atom. The van der Waals surface area contributed by atoms with Crippen LogP contribution in [0.25, 0.3) is 11.3 Å². The van der Waals surface area contributed by atoms with Crippen molar-refractivity contribution in [2.75, 3.05) is 31.1 Å². The number of hydrogen-bond acceptors (Lipinski definition) is 5. The maximum atomic E-state index is 12.8. The first kappa shape index (κ1) is 17.8. The van der Waals surface area contributed by atoms with Crippen molar-refractivity contribution in [2.24, 2.45) is 0 Å². The molecule has 0 bridgehead atoms. The third kappa shape index (κ3) is 3.59. The summed E-state index contributed by atoms with van der Waals surface area (Å²) < 4.78 is 5.72. The Bertz CT molecular complexity index is 974. The Morgan fingerprint density at radius 3 is 2.21 bits per heavy atom. The van der Waals surface area contributed by atoms with Crippen molar-refractivity contribution >= 4 is 17.3 Å². The number of amides is 1. The summed E-state index contributed by atoms with van der Waals surface area (Å²) in [5.74, 6) is 0.656. The van der Waals surface area contributed by atoms with E-state index < -0.39 is 4.92 Å². The van der Waals surface area contributed by atoms with E-state index in [4.69, 9.17) is 4.42 Å². The molecule has 1 aliphatic heterocycles. The van der Waals surface area contributed by atoms with Crippen molar-refractivity contribution in [2.45, 2.75) is 0 Å². The number of carbonyl (C=O) groups is 1. The second-order valence-electron chi connectivity index (χ2n) is 6.58. The lowest BCUT2D eigenvalue weighted by molar-refractivity contribution is -0.384. The Balaban J connectivity index is 1.41. The van der Waals surface area contributed by atoms with Gasteiger partial charge < -0.3 is 14.2 Å². The van der Waals surface area contributed by atoms with Gasteiger partial charge in [0.2, 0.25) is 0 Å². The maximum absolute atomic E-state index is 12.8. The number of benzene rings is 2. The quantitative estimate of drug-likeness (QED) is 0.510. The number of piperazine rings is 1. The zero-order valence-electron chi connectivity index (χ0n) is 15.2. The fraction of sp³-hybridized carbons (Fsp3) is 0.190. The summed E-state index contributed by atoms with van der Waals surface area (Å²) in [4.78, 5) is 27.1. The lowest BCUT2D eigenvalue weighted by Gasteiger charge is -2.35. The minimum Gasteiger partial charge on any atom is -0.451 e. The highest BCUT2D eigenvalue weighted by atomic mass is 16.6. The van der Waals surface area contributed by atoms with Gasteiger partial charge in [-0.2, -0.15) is 0 Å². The molecule has 0 radical (unpaired) electrons. The lowest BCUT2D eigenvalue weighted by Crippen LogP contribution is -2.48. The number of hydrogen-bond donors (Lipinski definition) is 0. The van der Waals surface area contributed by atoms with Crippen LogP contribution in [0.15, 0.2) is 71.1 Å². The third-order valence-electron chi connectivity index (χ3n) is 4.87. The van der Waals surface area contributed by atoms with Gasteiger partial charge in [0.05, 0.1) is 4.92 Å². The minimum absolute atomic E-state index is 0.0166. The normalized spacial score (nSPS) is 14.1. The molecule has 2 heterocycles. The van der Waals surface area contributed by atoms with Crippen molar-refractivity contribution < 1.29 is 14.1 Å². The molecule has 7 heteroatoms. The Kier molecular flexibility index (Phi) is 4.80. The van der Waals surface area contributed by atoms with Gasteiger partial charge in [-0.1, -0.05) is 18.2 Å². The number of furan rings is 1. The molecule has 1 fully saturated rings. The summed E-state index contributed by atoms with van der Waals surface area (Å²) in [6.07, 6.45) is 0. The van der Waals surface area contributed by atoms with Gasteiger partial charge in [-0.15, -0.1) is 0 Å². The Hall–Kier alpha value is -3.61. The van der Waals surface area contributed by atoms with Crippen LogP contribution in [0, 0.1) is 10.1 Å². The highest BCUT2D eigenvalue weighted by Crippen LogP contribution is 2.25. The average molecular weight is 377 g/mol. The van der Waals surface area contributed by atoms with Gasteiger partial charge in [-0.3, -0.25) is 14.9 Å². The van der Waals surface area contributed by atoms with Crippen LogP contribution < -0.4 is 4.90 Å². The molecule has 0 saturated carbocycles. The monoisotopic (exact) mass is 377 g/mol. The molecular weight excluding hydrogens is 358 g/mol. The first-order valence-corrected chi connectivity index (χ1v) is 9.06. The van der Waals surface area contributed by atoms with Crippen molar-refractivity contribution in [3.63, 3.8) is 0 Å². The van der Waals surface area contributed by atoms with E-state index >= 15 is 0 Å². The van der Waals surface area contributed by atoms with E-state index in [1.54, 1.807) is 29.2 Å². The second kappa shape index (κ2) is 7.56. The standard InChI is InChI=1S/C21H19N3O4/c25-21(23-14-12-22(13-15-23)17-4-2-1-3-5-17)20-11-10-19(28-20)16-6-8-18(9-7-16)24(26)27/h1-11H,12-15H2. The van der Waals surface area contributed by atoms with Crippen molar-refractivity contribution in [3.8, 4) is 11.3 Å². The molecule has 1 amide bonds. The van der Waals surface area contributed by atoms with Crippen LogP contribution in [-0.2, 0) is 0 Å². The molecule has 3 aromatic rings. The van der Waals surface area contributed by atoms with E-state index in [0.717, 1.165) is 18.8 Å². The van der Waals surface area contributed by atoms with Crippen LogP contribution in [0.1, 0.15) is 10.6 Å². The van der Waals surface area contributed by atoms with Crippen LogP contribution >= 0.6 is 0 Å². The predicted octanol–water partition coefficient (Wildman–Crippen LogP) is 3.82. The number of rotatable bonds is 4. The van der Waals surface area contributed by atoms with Gasteiger partial charge in [-0.25, -0.2) is 0 Å². The molecular formula is C21H19N3O4. The van der Waals surface area contributed by atoms with Crippen LogP contribution in [0.3, 0.4) is 0 Å². The summed E-state index contributed by atoms with van der Waals surface area (Å²) >= 11 is 0. The zero-order chi connectivity index (χ0) is 19.5. The smallest absolute Gasteiger partial charge is 0.289 e. The number of anilines is 1. The molecule has 0 unspecified atom stereocenters. The number of nitrogens with zero attached hydrogens (tertiary/aromatic N) is 3. The first-order chi connectivity index (χ1) is 13.6. The van der Waals surface area contributed by atoms with E-state index in [-0.39, 0.29) is 17.4 Å². The molecule has 0 atom stereocenters. The largest absolute Gasteiger partial charge is 0.451 e. The molecule has 7 nitrogen and oxygen atoms in total. The first-order valence-electron chi connectivity index (χ1n) is 9.06. The molecule has 2 aromatic carbocycles. The number of non-ortho nitro benzene ring substituents is 1. The number of para-hydroxylation sites is 1. The fourth-order valence-corrected chi connectivity index (χ4v) is 3.32. The van der Waals surface area contributed by atoms with Gasteiger partial charge in [0.1, 0.15) is 5.76 Å². The minimum atomic E-state index is -0.448. The fourth-order valence-electron chi connectivity index (χ4n) is 3.32. The van der Waals surface area contributed by atoms with Crippen molar-refractivity contribution in [1.82, 2.24) is 4.90 Å². The number of carbonyl (C=O) groups excluding carboxylic acids is 1. The van der Waals surface area contributed by atoms with Gasteiger partial charge in [0.15, 0.2) is 5.76 Å².